The Hall–Kier alpha value is -3.04. The van der Waals surface area contributed by atoms with Crippen LogP contribution in [0.5, 0.6) is 5.75 Å². The average Bonchev–Trinajstić information content (AvgIpc) is 3.43. The number of aliphatic hydroxyl groups excluding tert-OH is 2. The standard InChI is InChI=1S/C49H68N2O6/c1-27(20-38(54)44-49(8,57-44)35-17-11-16-33(35)29-12-9-14-31(50)21-29)41-36-18-19-40-46(5)23-34(30-13-10-15-32(53)22-30)43(56)45(3,4)42(46)37(51-26-28(2)52)24-48(40,7)47(36,6)25-39(41)55/h9-10,12-15,21-22,27-28,33-35,37-38,40,42,44,51-54H,11,16-20,23-26,50H2,1-8H3/t27-,28+,33-,34-,35+,37-,38-,40-,42+,44-,46+,47+,48+,49-/m1/s1. The third-order valence-corrected chi connectivity index (χ3v) is 17.3. The van der Waals surface area contributed by atoms with E-state index in [-0.39, 0.29) is 69.4 Å². The van der Waals surface area contributed by atoms with E-state index in [9.17, 15) is 24.9 Å². The Morgan fingerprint density at radius 2 is 1.65 bits per heavy atom. The molecule has 1 saturated heterocycles. The molecule has 1 aliphatic heterocycles. The number of hydrogen-bond donors (Lipinski definition) is 5. The molecule has 0 amide bonds. The Morgan fingerprint density at radius 3 is 2.35 bits per heavy atom. The maximum Gasteiger partial charge on any atom is 0.159 e. The Labute approximate surface area is 340 Å². The zero-order valence-electron chi connectivity index (χ0n) is 35.6. The van der Waals surface area contributed by atoms with E-state index in [4.69, 9.17) is 10.5 Å². The van der Waals surface area contributed by atoms with Gasteiger partial charge in [-0.05, 0) is 140 Å². The fraction of sp³-hybridized carbons (Fsp3) is 0.673. The predicted molar refractivity (Wildman–Crippen MR) is 224 cm³/mol. The molecule has 310 valence electrons. The van der Waals surface area contributed by atoms with Crippen LogP contribution in [0.2, 0.25) is 0 Å². The first-order valence-electron chi connectivity index (χ1n) is 22.0. The second-order valence-corrected chi connectivity index (χ2v) is 21.1. The summed E-state index contributed by atoms with van der Waals surface area (Å²) in [5, 5.41) is 36.7. The number of rotatable bonds is 10. The molecule has 0 bridgehead atoms. The van der Waals surface area contributed by atoms with Gasteiger partial charge in [-0.3, -0.25) is 9.59 Å². The van der Waals surface area contributed by atoms with Crippen LogP contribution in [0.25, 0.3) is 0 Å². The minimum Gasteiger partial charge on any atom is -0.508 e. The van der Waals surface area contributed by atoms with E-state index < -0.39 is 23.2 Å². The van der Waals surface area contributed by atoms with Crippen LogP contribution in [0, 0.1) is 45.3 Å². The first-order valence-corrected chi connectivity index (χ1v) is 22.0. The van der Waals surface area contributed by atoms with Gasteiger partial charge in [-0.2, -0.15) is 0 Å². The molecule has 5 fully saturated rings. The molecule has 5 aliphatic carbocycles. The van der Waals surface area contributed by atoms with Gasteiger partial charge in [0.2, 0.25) is 0 Å². The lowest BCUT2D eigenvalue weighted by Gasteiger charge is -2.70. The Kier molecular flexibility index (Phi) is 10.0. The molecule has 1 heterocycles. The van der Waals surface area contributed by atoms with Gasteiger partial charge in [-0.25, -0.2) is 0 Å². The number of aromatic hydroxyl groups is 1. The lowest BCUT2D eigenvalue weighted by atomic mass is 9.34. The summed E-state index contributed by atoms with van der Waals surface area (Å²) in [6.07, 6.45) is 5.99. The van der Waals surface area contributed by atoms with Crippen LogP contribution in [0.15, 0.2) is 59.7 Å². The molecule has 8 heteroatoms. The van der Waals surface area contributed by atoms with Gasteiger partial charge in [0.15, 0.2) is 5.78 Å². The number of fused-ring (bicyclic) bond motifs is 5. The van der Waals surface area contributed by atoms with Gasteiger partial charge in [0.05, 0.1) is 17.8 Å². The van der Waals surface area contributed by atoms with Crippen LogP contribution >= 0.6 is 0 Å². The van der Waals surface area contributed by atoms with Crippen LogP contribution < -0.4 is 11.1 Å². The summed E-state index contributed by atoms with van der Waals surface area (Å²) in [7, 11) is 0. The molecular formula is C49H68N2O6. The number of aliphatic hydroxyl groups is 2. The molecule has 2 aromatic carbocycles. The maximum absolute atomic E-state index is 14.6. The number of ketones is 2. The summed E-state index contributed by atoms with van der Waals surface area (Å²) in [5.74, 6) is 1.06. The van der Waals surface area contributed by atoms with Crippen molar-refractivity contribution in [1.29, 1.82) is 0 Å². The van der Waals surface area contributed by atoms with Gasteiger partial charge >= 0.3 is 0 Å². The summed E-state index contributed by atoms with van der Waals surface area (Å²) in [5.41, 5.74) is 9.29. The molecule has 0 spiro atoms. The number of epoxide rings is 1. The SMILES string of the molecule is C[C@H](O)CN[C@@H]1C[C@@]2(C)[C@H](CCC3=C([C@H](C)C[C@@H](O)[C@H]4O[C@]4(C)[C@H]4CCC[C@@H]4c4cccc(N)c4)C(=O)C[C@@]32C)[C@]2(C)C[C@H](c3cccc(O)c3)C(=O)C(C)(C)[C@H]12. The van der Waals surface area contributed by atoms with Crippen LogP contribution in [0.4, 0.5) is 5.69 Å². The highest BCUT2D eigenvalue weighted by Crippen LogP contribution is 2.75. The van der Waals surface area contributed by atoms with Crippen molar-refractivity contribution in [2.75, 3.05) is 12.3 Å². The van der Waals surface area contributed by atoms with Crippen molar-refractivity contribution in [2.24, 2.45) is 45.3 Å². The highest BCUT2D eigenvalue weighted by Gasteiger charge is 2.71. The molecule has 57 heavy (non-hydrogen) atoms. The number of benzene rings is 2. The van der Waals surface area contributed by atoms with E-state index in [0.29, 0.717) is 37.6 Å². The van der Waals surface area contributed by atoms with Crippen molar-refractivity contribution in [3.05, 3.63) is 70.8 Å². The van der Waals surface area contributed by atoms with Gasteiger partial charge in [-0.1, -0.05) is 77.8 Å². The molecule has 0 radical (unpaired) electrons. The zero-order chi connectivity index (χ0) is 41.0. The second-order valence-electron chi connectivity index (χ2n) is 21.1. The summed E-state index contributed by atoms with van der Waals surface area (Å²) in [6, 6.07) is 15.4. The highest BCUT2D eigenvalue weighted by molar-refractivity contribution is 6.00. The van der Waals surface area contributed by atoms with E-state index in [0.717, 1.165) is 55.3 Å². The predicted octanol–water partition coefficient (Wildman–Crippen LogP) is 8.24. The van der Waals surface area contributed by atoms with Crippen molar-refractivity contribution in [3.63, 3.8) is 0 Å². The number of nitrogen functional groups attached to an aromatic ring is 1. The number of nitrogens with two attached hydrogens (primary N) is 1. The summed E-state index contributed by atoms with van der Waals surface area (Å²) in [6.45, 7) is 17.9. The molecule has 2 aromatic rings. The number of allylic oxidation sites excluding steroid dienone is 2. The first kappa shape index (κ1) is 40.7. The topological polar surface area (TPSA) is 145 Å². The van der Waals surface area contributed by atoms with Crippen LogP contribution in [-0.4, -0.2) is 63.4 Å². The van der Waals surface area contributed by atoms with Crippen molar-refractivity contribution in [1.82, 2.24) is 5.32 Å². The molecule has 8 rings (SSSR count). The zero-order valence-corrected chi connectivity index (χ0v) is 35.6. The third kappa shape index (κ3) is 6.28. The van der Waals surface area contributed by atoms with Gasteiger partial charge in [-0.15, -0.1) is 0 Å². The van der Waals surface area contributed by atoms with Gasteiger partial charge < -0.3 is 31.1 Å². The monoisotopic (exact) mass is 781 g/mol. The molecule has 4 saturated carbocycles. The minimum atomic E-state index is -0.674. The maximum atomic E-state index is 14.6. The van der Waals surface area contributed by atoms with Gasteiger partial charge in [0.1, 0.15) is 17.6 Å². The van der Waals surface area contributed by atoms with Gasteiger partial charge in [0.25, 0.3) is 0 Å². The van der Waals surface area contributed by atoms with Crippen molar-refractivity contribution in [3.8, 4) is 5.75 Å². The molecule has 6 N–H and O–H groups in total. The molecule has 0 aromatic heterocycles. The Morgan fingerprint density at radius 1 is 0.930 bits per heavy atom. The molecule has 8 nitrogen and oxygen atoms in total. The fourth-order valence-electron chi connectivity index (χ4n) is 14.9. The fourth-order valence-corrected chi connectivity index (χ4v) is 14.9. The summed E-state index contributed by atoms with van der Waals surface area (Å²) < 4.78 is 6.48. The normalized spacial score (nSPS) is 41.3. The average molecular weight is 781 g/mol. The van der Waals surface area contributed by atoms with Gasteiger partial charge in [0, 0.05) is 41.4 Å². The van der Waals surface area contributed by atoms with E-state index in [2.05, 4.69) is 65.9 Å². The van der Waals surface area contributed by atoms with Crippen molar-refractivity contribution >= 4 is 17.3 Å². The summed E-state index contributed by atoms with van der Waals surface area (Å²) in [4.78, 5) is 29.1. The van der Waals surface area contributed by atoms with Crippen molar-refractivity contribution < 1.29 is 29.6 Å². The quantitative estimate of drug-likeness (QED) is 0.120. The lowest BCUT2D eigenvalue weighted by Crippen LogP contribution is -2.69. The minimum absolute atomic E-state index is 0.0224. The number of phenols is 1. The van der Waals surface area contributed by atoms with Crippen LogP contribution in [-0.2, 0) is 14.3 Å². The highest BCUT2D eigenvalue weighted by atomic mass is 16.6. The van der Waals surface area contributed by atoms with Crippen LogP contribution in [0.3, 0.4) is 0 Å². The van der Waals surface area contributed by atoms with E-state index in [1.165, 1.54) is 11.1 Å². The molecule has 0 unspecified atom stereocenters. The smallest absolute Gasteiger partial charge is 0.159 e. The molecule has 14 atom stereocenters. The lowest BCUT2D eigenvalue weighted by molar-refractivity contribution is -0.193. The molecule has 6 aliphatic rings. The number of Topliss-reactive ketones (excluding diaryl/α,β-unsaturated/α-hetero) is 2. The van der Waals surface area contributed by atoms with Crippen molar-refractivity contribution in [2.45, 2.75) is 155 Å². The number of ether oxygens (including phenoxy) is 1. The Balaban J connectivity index is 1.09. The van der Waals surface area contributed by atoms with E-state index >= 15 is 0 Å². The third-order valence-electron chi connectivity index (χ3n) is 17.3. The summed E-state index contributed by atoms with van der Waals surface area (Å²) >= 11 is 0. The number of nitrogens with one attached hydrogen (secondary N) is 1. The number of anilines is 1. The van der Waals surface area contributed by atoms with E-state index in [1.54, 1.807) is 19.1 Å². The van der Waals surface area contributed by atoms with Crippen LogP contribution in [0.1, 0.15) is 136 Å². The number of phenolic OH excluding ortho intramolecular Hbond substituents is 1. The second kappa shape index (κ2) is 14.0. The largest absolute Gasteiger partial charge is 0.508 e. The van der Waals surface area contributed by atoms with E-state index in [1.807, 2.05) is 24.3 Å². The number of hydrogen-bond acceptors (Lipinski definition) is 8. The Bertz CT molecular complexity index is 1960. The first-order chi connectivity index (χ1) is 26.8. The number of carbonyl (C=O) groups is 2. The number of carbonyl (C=O) groups excluding carboxylic acids is 2. The molecular weight excluding hydrogens is 713 g/mol.